The molecule has 0 bridgehead atoms. The maximum Gasteiger partial charge on any atom is 0.411 e. The van der Waals surface area contributed by atoms with E-state index in [-0.39, 0.29) is 23.3 Å². The zero-order chi connectivity index (χ0) is 21.9. The molecule has 1 aliphatic carbocycles. The lowest BCUT2D eigenvalue weighted by molar-refractivity contribution is -0.117. The van der Waals surface area contributed by atoms with Gasteiger partial charge in [-0.15, -0.1) is 6.58 Å². The van der Waals surface area contributed by atoms with Gasteiger partial charge in [0.25, 0.3) is 0 Å². The molecule has 1 fully saturated rings. The number of ether oxygens (including phenoxy) is 1. The molecule has 1 aliphatic rings. The fourth-order valence-electron chi connectivity index (χ4n) is 2.35. The summed E-state index contributed by atoms with van der Waals surface area (Å²) in [7, 11) is -2.01. The Morgan fingerprint density at radius 3 is 2.11 bits per heavy atom. The molecule has 1 unspecified atom stereocenters. The Morgan fingerprint density at radius 2 is 1.71 bits per heavy atom. The summed E-state index contributed by atoms with van der Waals surface area (Å²) in [5.41, 5.74) is -0.0561. The number of nitrogens with zero attached hydrogens (tertiary/aromatic N) is 1. The first-order valence-electron chi connectivity index (χ1n) is 10.1. The van der Waals surface area contributed by atoms with Crippen LogP contribution in [0.1, 0.15) is 54.4 Å². The van der Waals surface area contributed by atoms with E-state index in [1.807, 2.05) is 20.8 Å². The predicted molar refractivity (Wildman–Crippen MR) is 117 cm³/mol. The first-order valence-corrected chi connectivity index (χ1v) is 13.0. The summed E-state index contributed by atoms with van der Waals surface area (Å²) >= 11 is 0. The molecule has 1 atom stereocenters. The van der Waals surface area contributed by atoms with Gasteiger partial charge in [-0.25, -0.2) is 4.79 Å². The number of hydrogen-bond acceptors (Lipinski definition) is 4. The molecule has 0 aromatic rings. The lowest BCUT2D eigenvalue weighted by atomic mass is 10.1. The Bertz CT molecular complexity index is 609. The van der Waals surface area contributed by atoms with Gasteiger partial charge >= 0.3 is 6.09 Å². The Hall–Kier alpha value is -1.40. The molecule has 0 spiro atoms. The summed E-state index contributed by atoms with van der Waals surface area (Å²) in [6, 6.07) is -0.445. The Labute approximate surface area is 172 Å². The van der Waals surface area contributed by atoms with E-state index in [9.17, 15) is 9.59 Å². The van der Waals surface area contributed by atoms with E-state index in [1.165, 1.54) is 4.90 Å². The summed E-state index contributed by atoms with van der Waals surface area (Å²) in [5.74, 6) is 0.145. The van der Waals surface area contributed by atoms with Gasteiger partial charge in [0.1, 0.15) is 5.60 Å². The molecule has 1 saturated carbocycles. The van der Waals surface area contributed by atoms with Gasteiger partial charge < -0.3 is 9.16 Å². The second-order valence-electron chi connectivity index (χ2n) is 10.2. The molecular formula is C22H39NO4Si. The summed E-state index contributed by atoms with van der Waals surface area (Å²) in [6.07, 6.45) is 3.12. The van der Waals surface area contributed by atoms with Crippen LogP contribution in [0, 0.1) is 5.92 Å². The van der Waals surface area contributed by atoms with Crippen LogP contribution in [0.4, 0.5) is 4.79 Å². The molecule has 0 radical (unpaired) electrons. The first kappa shape index (κ1) is 24.6. The highest BCUT2D eigenvalue weighted by atomic mass is 28.4. The van der Waals surface area contributed by atoms with Gasteiger partial charge in [-0.2, -0.15) is 0 Å². The van der Waals surface area contributed by atoms with Gasteiger partial charge in [0.05, 0.1) is 19.2 Å². The van der Waals surface area contributed by atoms with E-state index in [0.717, 1.165) is 12.8 Å². The lowest BCUT2D eigenvalue weighted by Gasteiger charge is -2.39. The van der Waals surface area contributed by atoms with E-state index in [1.54, 1.807) is 6.08 Å². The standard InChI is InChI=1S/C22H39NO4Si/c1-11-18(15-26-28(9,10)22(6,7)8)23(20(25)27-21(3,4)5)14-19(24)16(2)17-12-13-17/h11,17-18H,1-2,12-15H2,3-10H3. The van der Waals surface area contributed by atoms with E-state index >= 15 is 0 Å². The number of carbonyl (C=O) groups is 2. The van der Waals surface area contributed by atoms with E-state index in [4.69, 9.17) is 9.16 Å². The van der Waals surface area contributed by atoms with Gasteiger partial charge in [0, 0.05) is 0 Å². The molecule has 0 aliphatic heterocycles. The van der Waals surface area contributed by atoms with E-state index < -0.39 is 26.1 Å². The number of ketones is 1. The van der Waals surface area contributed by atoms with Crippen molar-refractivity contribution >= 4 is 20.2 Å². The van der Waals surface area contributed by atoms with Crippen LogP contribution in [-0.2, 0) is 14.0 Å². The molecule has 1 rings (SSSR count). The molecule has 0 N–H and O–H groups in total. The van der Waals surface area contributed by atoms with Crippen molar-refractivity contribution in [3.8, 4) is 0 Å². The molecule has 5 nitrogen and oxygen atoms in total. The van der Waals surface area contributed by atoms with Crippen LogP contribution in [0.15, 0.2) is 24.8 Å². The van der Waals surface area contributed by atoms with Gasteiger partial charge in [-0.1, -0.05) is 33.4 Å². The minimum absolute atomic E-state index is 0.0472. The topological polar surface area (TPSA) is 55.8 Å². The monoisotopic (exact) mass is 409 g/mol. The van der Waals surface area contributed by atoms with Crippen molar-refractivity contribution in [3.05, 3.63) is 24.8 Å². The predicted octanol–water partition coefficient (Wildman–Crippen LogP) is 5.34. The van der Waals surface area contributed by atoms with Crippen molar-refractivity contribution in [2.45, 2.75) is 84.2 Å². The molecule has 1 amide bonds. The Kier molecular flexibility index (Phi) is 7.87. The SMILES string of the molecule is C=CC(CO[Si](C)(C)C(C)(C)C)N(CC(=O)C(=C)C1CC1)C(=O)OC(C)(C)C. The summed E-state index contributed by atoms with van der Waals surface area (Å²) in [5, 5.41) is 0.0472. The van der Waals surface area contributed by atoms with Crippen LogP contribution in [0.5, 0.6) is 0 Å². The molecule has 28 heavy (non-hydrogen) atoms. The fraction of sp³-hybridized carbons (Fsp3) is 0.727. The highest BCUT2D eigenvalue weighted by Crippen LogP contribution is 2.37. The minimum atomic E-state index is -2.01. The van der Waals surface area contributed by atoms with Crippen LogP contribution < -0.4 is 0 Å². The smallest absolute Gasteiger partial charge is 0.411 e. The average molecular weight is 410 g/mol. The zero-order valence-corrected chi connectivity index (χ0v) is 20.1. The average Bonchev–Trinajstić information content (AvgIpc) is 3.35. The molecule has 0 heterocycles. The molecule has 0 aromatic carbocycles. The van der Waals surface area contributed by atoms with Crippen molar-refractivity contribution in [2.24, 2.45) is 5.92 Å². The number of Topliss-reactive ketones (excluding diaryl/α,β-unsaturated/α-hetero) is 1. The van der Waals surface area contributed by atoms with E-state index in [0.29, 0.717) is 12.2 Å². The zero-order valence-electron chi connectivity index (χ0n) is 19.1. The Morgan fingerprint density at radius 1 is 1.18 bits per heavy atom. The van der Waals surface area contributed by atoms with Crippen LogP contribution in [0.3, 0.4) is 0 Å². The third-order valence-corrected chi connectivity index (χ3v) is 9.96. The largest absolute Gasteiger partial charge is 0.444 e. The van der Waals surface area contributed by atoms with Crippen LogP contribution in [0.25, 0.3) is 0 Å². The minimum Gasteiger partial charge on any atom is -0.444 e. The number of carbonyl (C=O) groups excluding carboxylic acids is 2. The van der Waals surface area contributed by atoms with Gasteiger partial charge in [0.2, 0.25) is 0 Å². The second kappa shape index (κ2) is 8.95. The summed E-state index contributed by atoms with van der Waals surface area (Å²) < 4.78 is 11.8. The summed E-state index contributed by atoms with van der Waals surface area (Å²) in [4.78, 5) is 27.0. The maximum atomic E-state index is 12.9. The third kappa shape index (κ3) is 7.21. The highest BCUT2D eigenvalue weighted by molar-refractivity contribution is 6.74. The van der Waals surface area contributed by atoms with Crippen molar-refractivity contribution in [3.63, 3.8) is 0 Å². The van der Waals surface area contributed by atoms with Crippen molar-refractivity contribution in [1.82, 2.24) is 4.90 Å². The van der Waals surface area contributed by atoms with Gasteiger partial charge in [0.15, 0.2) is 14.1 Å². The van der Waals surface area contributed by atoms with Crippen molar-refractivity contribution in [2.75, 3.05) is 13.2 Å². The quantitative estimate of drug-likeness (QED) is 0.293. The van der Waals surface area contributed by atoms with E-state index in [2.05, 4.69) is 47.0 Å². The normalized spacial score (nSPS) is 16.3. The third-order valence-electron chi connectivity index (χ3n) is 5.46. The highest BCUT2D eigenvalue weighted by Gasteiger charge is 2.39. The fourth-order valence-corrected chi connectivity index (χ4v) is 3.37. The van der Waals surface area contributed by atoms with Crippen LogP contribution >= 0.6 is 0 Å². The number of amides is 1. The van der Waals surface area contributed by atoms with Crippen molar-refractivity contribution < 1.29 is 18.8 Å². The summed E-state index contributed by atoms with van der Waals surface area (Å²) in [6.45, 7) is 24.3. The number of rotatable bonds is 9. The first-order chi connectivity index (χ1) is 12.6. The molecule has 160 valence electrons. The Balaban J connectivity index is 2.98. The van der Waals surface area contributed by atoms with Gasteiger partial charge in [-0.05, 0) is 63.2 Å². The lowest BCUT2D eigenvalue weighted by Crippen LogP contribution is -2.50. The molecule has 0 saturated heterocycles. The van der Waals surface area contributed by atoms with Gasteiger partial charge in [-0.3, -0.25) is 9.69 Å². The number of hydrogen-bond donors (Lipinski definition) is 0. The molecular weight excluding hydrogens is 370 g/mol. The molecule has 0 aromatic heterocycles. The second-order valence-corrected chi connectivity index (χ2v) is 15.0. The maximum absolute atomic E-state index is 12.9. The van der Waals surface area contributed by atoms with Crippen molar-refractivity contribution in [1.29, 1.82) is 0 Å². The van der Waals surface area contributed by atoms with Crippen LogP contribution in [0.2, 0.25) is 18.1 Å². The molecule has 6 heteroatoms. The van der Waals surface area contributed by atoms with Crippen LogP contribution in [-0.4, -0.2) is 49.9 Å².